The molecule has 0 aliphatic carbocycles. The van der Waals surface area contributed by atoms with Crippen LogP contribution in [0.15, 0.2) is 39.6 Å². The summed E-state index contributed by atoms with van der Waals surface area (Å²) in [5.41, 5.74) is -0.765. The van der Waals surface area contributed by atoms with Crippen LogP contribution in [0.3, 0.4) is 0 Å². The number of thiazole rings is 1. The molecule has 1 aliphatic heterocycles. The first-order valence-electron chi connectivity index (χ1n) is 12.9. The van der Waals surface area contributed by atoms with Crippen molar-refractivity contribution in [2.45, 2.75) is 32.4 Å². The van der Waals surface area contributed by atoms with Gasteiger partial charge in [0.05, 0.1) is 19.4 Å². The molecule has 2 atom stereocenters. The molecule has 4 aromatic rings. The Hall–Kier alpha value is -4.31. The second-order valence-corrected chi connectivity index (χ2v) is 11.0. The molecule has 222 valence electrons. The van der Waals surface area contributed by atoms with Crippen LogP contribution in [0.4, 0.5) is 20.4 Å². The Labute approximate surface area is 241 Å². The van der Waals surface area contributed by atoms with E-state index in [9.17, 15) is 28.0 Å². The molecule has 4 aromatic heterocycles. The summed E-state index contributed by atoms with van der Waals surface area (Å²) < 4.78 is 35.9. The lowest BCUT2D eigenvalue weighted by Crippen LogP contribution is -2.42. The van der Waals surface area contributed by atoms with Crippen LogP contribution in [-0.2, 0) is 27.9 Å². The molecule has 1 amide bonds. The van der Waals surface area contributed by atoms with Gasteiger partial charge in [-0.15, -0.1) is 11.3 Å². The molecule has 1 unspecified atom stereocenters. The van der Waals surface area contributed by atoms with Crippen LogP contribution < -0.4 is 21.5 Å². The number of aromatic nitrogens is 6. The molecule has 0 radical (unpaired) electrons. The van der Waals surface area contributed by atoms with Crippen molar-refractivity contribution in [2.24, 2.45) is 13.0 Å². The summed E-state index contributed by atoms with van der Waals surface area (Å²) in [4.78, 5) is 65.7. The van der Waals surface area contributed by atoms with Gasteiger partial charge in [-0.25, -0.2) is 28.5 Å². The van der Waals surface area contributed by atoms with Crippen molar-refractivity contribution in [3.63, 3.8) is 0 Å². The standard InChI is InChI=1S/C26H28F2N8O5S/c1-14-8-34(12-26(14,27)28)19-6-5-16(7-29-19)23-32-18(11-42-23)31-22(38)15(2)36-13-30-21-20(36)24(39)35(25(40)33(21)3)9-17(37)10-41-4/h5-7,11,13-15H,8-10,12H2,1-4H3,(H,31,38)/t14?,15-/m0/s1. The molecule has 0 spiro atoms. The molecule has 13 nitrogen and oxygen atoms in total. The predicted octanol–water partition coefficient (Wildman–Crippen LogP) is 1.92. The highest BCUT2D eigenvalue weighted by atomic mass is 32.1. The van der Waals surface area contributed by atoms with Crippen molar-refractivity contribution in [1.82, 2.24) is 28.7 Å². The number of rotatable bonds is 9. The van der Waals surface area contributed by atoms with Crippen molar-refractivity contribution in [3.8, 4) is 10.6 Å². The SMILES string of the molecule is COCC(=O)Cn1c(=O)c2c(ncn2[C@@H](C)C(=O)Nc2csc(-c3ccc(N4CC(C)C(F)(F)C4)nc3)n2)n(C)c1=O. The maximum Gasteiger partial charge on any atom is 0.332 e. The van der Waals surface area contributed by atoms with Crippen molar-refractivity contribution >= 4 is 45.8 Å². The fraction of sp³-hybridized carbons (Fsp3) is 0.423. The van der Waals surface area contributed by atoms with Crippen molar-refractivity contribution in [1.29, 1.82) is 0 Å². The van der Waals surface area contributed by atoms with E-state index >= 15 is 0 Å². The van der Waals surface area contributed by atoms with Crippen LogP contribution in [0.5, 0.6) is 0 Å². The number of imidazole rings is 1. The number of hydrogen-bond acceptors (Lipinski definition) is 10. The average molecular weight is 603 g/mol. The van der Waals surface area contributed by atoms with E-state index in [4.69, 9.17) is 4.74 Å². The summed E-state index contributed by atoms with van der Waals surface area (Å²) in [5.74, 6) is -3.77. The van der Waals surface area contributed by atoms with E-state index in [1.807, 2.05) is 0 Å². The Morgan fingerprint density at radius 1 is 1.26 bits per heavy atom. The van der Waals surface area contributed by atoms with Gasteiger partial charge >= 0.3 is 5.69 Å². The Balaban J connectivity index is 1.33. The third-order valence-corrected chi connectivity index (χ3v) is 8.08. The third kappa shape index (κ3) is 5.34. The van der Waals surface area contributed by atoms with E-state index in [1.165, 1.54) is 43.3 Å². The molecular weight excluding hydrogens is 574 g/mol. The first-order chi connectivity index (χ1) is 19.9. The second-order valence-electron chi connectivity index (χ2n) is 10.2. The average Bonchev–Trinajstić information content (AvgIpc) is 3.67. The number of hydrogen-bond donors (Lipinski definition) is 1. The quantitative estimate of drug-likeness (QED) is 0.304. The van der Waals surface area contributed by atoms with Gasteiger partial charge in [0.15, 0.2) is 16.9 Å². The maximum absolute atomic E-state index is 13.9. The van der Waals surface area contributed by atoms with Gasteiger partial charge in [-0.3, -0.25) is 23.5 Å². The molecule has 1 N–H and O–H groups in total. The van der Waals surface area contributed by atoms with Crippen molar-refractivity contribution in [2.75, 3.05) is 37.0 Å². The lowest BCUT2D eigenvalue weighted by atomic mass is 10.1. The summed E-state index contributed by atoms with van der Waals surface area (Å²) in [6, 6.07) is 2.47. The number of alkyl halides is 2. The topological polar surface area (TPSA) is 146 Å². The number of halogens is 2. The number of amides is 1. The summed E-state index contributed by atoms with van der Waals surface area (Å²) in [6.45, 7) is 2.16. The number of carbonyl (C=O) groups is 2. The van der Waals surface area contributed by atoms with Crippen LogP contribution in [0.1, 0.15) is 19.9 Å². The number of pyridine rings is 1. The number of ketones is 1. The minimum Gasteiger partial charge on any atom is -0.377 e. The van der Waals surface area contributed by atoms with Gasteiger partial charge in [-0.2, -0.15) is 0 Å². The molecule has 0 bridgehead atoms. The first-order valence-corrected chi connectivity index (χ1v) is 13.8. The molecule has 5 heterocycles. The molecule has 1 saturated heterocycles. The lowest BCUT2D eigenvalue weighted by molar-refractivity contribution is -0.123. The van der Waals surface area contributed by atoms with E-state index in [-0.39, 0.29) is 36.7 Å². The Morgan fingerprint density at radius 3 is 2.67 bits per heavy atom. The molecule has 0 aromatic carbocycles. The molecule has 16 heteroatoms. The zero-order valence-electron chi connectivity index (χ0n) is 23.2. The van der Waals surface area contributed by atoms with Crippen molar-refractivity contribution in [3.05, 3.63) is 50.9 Å². The monoisotopic (exact) mass is 602 g/mol. The van der Waals surface area contributed by atoms with Crippen LogP contribution in [0.25, 0.3) is 21.7 Å². The van der Waals surface area contributed by atoms with E-state index in [0.717, 1.165) is 9.13 Å². The summed E-state index contributed by atoms with van der Waals surface area (Å²) >= 11 is 1.26. The van der Waals surface area contributed by atoms with Crippen molar-refractivity contribution < 1.29 is 23.1 Å². The van der Waals surface area contributed by atoms with Gasteiger partial charge in [0.25, 0.3) is 11.5 Å². The van der Waals surface area contributed by atoms with Crippen LogP contribution >= 0.6 is 11.3 Å². The zero-order valence-corrected chi connectivity index (χ0v) is 24.0. The smallest absolute Gasteiger partial charge is 0.332 e. The Kier molecular flexibility index (Phi) is 7.76. The fourth-order valence-electron chi connectivity index (χ4n) is 4.74. The predicted molar refractivity (Wildman–Crippen MR) is 151 cm³/mol. The normalized spacial score (nSPS) is 17.1. The molecule has 0 saturated carbocycles. The largest absolute Gasteiger partial charge is 0.377 e. The number of aryl methyl sites for hydroxylation is 1. The van der Waals surface area contributed by atoms with E-state index in [1.54, 1.807) is 35.5 Å². The van der Waals surface area contributed by atoms with Gasteiger partial charge in [0.2, 0.25) is 5.91 Å². The molecular formula is C26H28F2N8O5S. The summed E-state index contributed by atoms with van der Waals surface area (Å²) in [6.07, 6.45) is 2.83. The number of ether oxygens (including phenoxy) is 1. The van der Waals surface area contributed by atoms with Crippen LogP contribution in [-0.4, -0.2) is 73.1 Å². The molecule has 1 fully saturated rings. The Bertz CT molecular complexity index is 1780. The van der Waals surface area contributed by atoms with Gasteiger partial charge in [-0.1, -0.05) is 6.92 Å². The minimum absolute atomic E-state index is 0.0137. The molecule has 5 rings (SSSR count). The number of methoxy groups -OCH3 is 1. The maximum atomic E-state index is 13.9. The first kappa shape index (κ1) is 29.2. The third-order valence-electron chi connectivity index (χ3n) is 7.19. The lowest BCUT2D eigenvalue weighted by Gasteiger charge is -2.16. The number of nitrogens with one attached hydrogen (secondary N) is 1. The number of anilines is 2. The number of Topliss-reactive ketones (excluding diaryl/α,β-unsaturated/α-hetero) is 1. The van der Waals surface area contributed by atoms with E-state index in [0.29, 0.717) is 16.4 Å². The number of nitrogens with zero attached hydrogens (tertiary/aromatic N) is 7. The summed E-state index contributed by atoms with van der Waals surface area (Å²) in [7, 11) is 2.75. The van der Waals surface area contributed by atoms with Crippen LogP contribution in [0, 0.1) is 5.92 Å². The minimum atomic E-state index is -2.76. The highest BCUT2D eigenvalue weighted by Crippen LogP contribution is 2.35. The van der Waals surface area contributed by atoms with Gasteiger partial charge in [-0.05, 0) is 19.1 Å². The zero-order chi connectivity index (χ0) is 30.3. The highest BCUT2D eigenvalue weighted by Gasteiger charge is 2.45. The molecule has 1 aliphatic rings. The second kappa shape index (κ2) is 11.2. The number of fused-ring (bicyclic) bond motifs is 1. The highest BCUT2D eigenvalue weighted by molar-refractivity contribution is 7.13. The summed E-state index contributed by atoms with van der Waals surface area (Å²) in [5, 5.41) is 4.91. The fourth-order valence-corrected chi connectivity index (χ4v) is 5.48. The Morgan fingerprint density at radius 2 is 2.02 bits per heavy atom. The van der Waals surface area contributed by atoms with E-state index < -0.39 is 47.4 Å². The number of carbonyl (C=O) groups excluding carboxylic acids is 2. The molecule has 42 heavy (non-hydrogen) atoms. The van der Waals surface area contributed by atoms with E-state index in [2.05, 4.69) is 20.3 Å². The van der Waals surface area contributed by atoms with Gasteiger partial charge < -0.3 is 19.5 Å². The van der Waals surface area contributed by atoms with Gasteiger partial charge in [0.1, 0.15) is 29.3 Å². The van der Waals surface area contributed by atoms with Crippen LogP contribution in [0.2, 0.25) is 0 Å². The van der Waals surface area contributed by atoms with Gasteiger partial charge in [0, 0.05) is 43.8 Å².